The number of hydrogen-bond acceptors (Lipinski definition) is 1. The molecule has 2 heteroatoms. The highest BCUT2D eigenvalue weighted by Crippen LogP contribution is 2.63. The van der Waals surface area contributed by atoms with Gasteiger partial charge in [-0.3, -0.25) is 0 Å². The molecule has 0 saturated carbocycles. The monoisotopic (exact) mass is 964 g/mol. The molecule has 2 aliphatic carbocycles. The largest absolute Gasteiger partial charge is 0.310 e. The van der Waals surface area contributed by atoms with Crippen molar-refractivity contribution >= 4 is 38.9 Å². The fraction of sp³-hybridized carbons (Fsp3) is 0.0270. The van der Waals surface area contributed by atoms with Crippen LogP contribution < -0.4 is 4.90 Å². The summed E-state index contributed by atoms with van der Waals surface area (Å²) in [6.45, 7) is 0. The maximum atomic E-state index is 2.58. The Hall–Kier alpha value is -9.76. The van der Waals surface area contributed by atoms with Crippen LogP contribution in [0.25, 0.3) is 72.0 Å². The molecule has 1 aliphatic heterocycles. The molecule has 1 spiro atoms. The Kier molecular flexibility index (Phi) is 9.20. The van der Waals surface area contributed by atoms with Crippen molar-refractivity contribution < 1.29 is 0 Å². The van der Waals surface area contributed by atoms with E-state index in [1.807, 2.05) is 0 Å². The van der Waals surface area contributed by atoms with Gasteiger partial charge in [0.2, 0.25) is 0 Å². The van der Waals surface area contributed by atoms with Crippen LogP contribution in [0.4, 0.5) is 17.1 Å². The third kappa shape index (κ3) is 5.76. The Bertz CT molecular complexity index is 4350. The minimum absolute atomic E-state index is 0.569. The van der Waals surface area contributed by atoms with Crippen LogP contribution in [-0.2, 0) is 10.8 Å². The number of benzene rings is 12. The molecule has 3 aliphatic rings. The second kappa shape index (κ2) is 16.4. The van der Waals surface area contributed by atoms with Crippen molar-refractivity contribution in [3.05, 3.63) is 336 Å². The van der Waals surface area contributed by atoms with E-state index in [4.69, 9.17) is 0 Å². The van der Waals surface area contributed by atoms with Gasteiger partial charge in [-0.2, -0.15) is 0 Å². The van der Waals surface area contributed by atoms with Crippen molar-refractivity contribution in [1.82, 2.24) is 4.57 Å². The highest BCUT2D eigenvalue weighted by molar-refractivity contribution is 6.15. The predicted octanol–water partition coefficient (Wildman–Crippen LogP) is 18.6. The summed E-state index contributed by atoms with van der Waals surface area (Å²) in [6, 6.07) is 109. The Labute approximate surface area is 442 Å². The molecule has 354 valence electrons. The molecule has 13 aromatic rings. The first-order chi connectivity index (χ1) is 37.7. The van der Waals surface area contributed by atoms with Gasteiger partial charge in [-0.1, -0.05) is 249 Å². The molecule has 0 radical (unpaired) electrons. The summed E-state index contributed by atoms with van der Waals surface area (Å²) in [5, 5.41) is 2.46. The molecule has 0 amide bonds. The Balaban J connectivity index is 1.01. The van der Waals surface area contributed by atoms with Crippen LogP contribution in [0.5, 0.6) is 0 Å². The molecule has 0 saturated heterocycles. The van der Waals surface area contributed by atoms with Crippen molar-refractivity contribution in [2.75, 3.05) is 4.90 Å². The third-order valence-electron chi connectivity index (χ3n) is 17.1. The Morgan fingerprint density at radius 1 is 0.289 bits per heavy atom. The molecule has 0 N–H and O–H groups in total. The standard InChI is InChI=1S/C74H48N2/c1-4-21-49(22-5-1)50-39-41-51(42-40-50)52-43-45-55(46-44-52)75(70-38-20-35-66-71(70)60-30-12-16-33-64(60)73(66,53-23-6-2-7-24-53)54-25-8-3-9-26-54)56-47-61-59-29-13-18-36-68(59)76-69-37-19-17-34-65(69)74(67(48-56)72(61)76)62-31-14-10-27-57(62)58-28-11-15-32-63(58)74/h1-48H. The van der Waals surface area contributed by atoms with Gasteiger partial charge >= 0.3 is 0 Å². The number of nitrogens with zero attached hydrogens (tertiary/aromatic N) is 2. The first-order valence-corrected chi connectivity index (χ1v) is 26.5. The lowest BCUT2D eigenvalue weighted by atomic mass is 9.65. The van der Waals surface area contributed by atoms with E-state index in [0.717, 1.165) is 17.1 Å². The van der Waals surface area contributed by atoms with Crippen molar-refractivity contribution in [3.8, 4) is 50.2 Å². The van der Waals surface area contributed by atoms with E-state index in [-0.39, 0.29) is 0 Å². The molecule has 0 unspecified atom stereocenters. The summed E-state index contributed by atoms with van der Waals surface area (Å²) < 4.78 is 2.56. The highest BCUT2D eigenvalue weighted by Gasteiger charge is 2.52. The van der Waals surface area contributed by atoms with E-state index in [1.54, 1.807) is 0 Å². The zero-order valence-corrected chi connectivity index (χ0v) is 41.6. The first kappa shape index (κ1) is 42.7. The lowest BCUT2D eigenvalue weighted by Gasteiger charge is -2.40. The van der Waals surface area contributed by atoms with Crippen LogP contribution in [-0.4, -0.2) is 4.57 Å². The predicted molar refractivity (Wildman–Crippen MR) is 315 cm³/mol. The van der Waals surface area contributed by atoms with Gasteiger partial charge in [-0.25, -0.2) is 0 Å². The average molecular weight is 965 g/mol. The van der Waals surface area contributed by atoms with Crippen molar-refractivity contribution in [2.45, 2.75) is 10.8 Å². The number of rotatable bonds is 7. The molecule has 12 aromatic carbocycles. The number of hydrogen-bond donors (Lipinski definition) is 0. The van der Waals surface area contributed by atoms with Gasteiger partial charge in [-0.05, 0) is 126 Å². The number of fused-ring (bicyclic) bond motifs is 15. The second-order valence-corrected chi connectivity index (χ2v) is 20.7. The minimum Gasteiger partial charge on any atom is -0.310 e. The molecular formula is C74H48N2. The summed E-state index contributed by atoms with van der Waals surface area (Å²) in [4.78, 5) is 2.58. The molecule has 0 bridgehead atoms. The summed E-state index contributed by atoms with van der Waals surface area (Å²) >= 11 is 0. The molecule has 1 aromatic heterocycles. The number of aromatic nitrogens is 1. The smallest absolute Gasteiger partial charge is 0.0755 e. The fourth-order valence-electron chi connectivity index (χ4n) is 14.1. The number of anilines is 3. The van der Waals surface area contributed by atoms with Gasteiger partial charge in [0.15, 0.2) is 0 Å². The molecule has 16 rings (SSSR count). The van der Waals surface area contributed by atoms with Crippen LogP contribution in [0, 0.1) is 0 Å². The van der Waals surface area contributed by atoms with Crippen LogP contribution >= 0.6 is 0 Å². The highest BCUT2D eigenvalue weighted by atomic mass is 15.1. The molecule has 2 heterocycles. The van der Waals surface area contributed by atoms with Gasteiger partial charge in [-0.15, -0.1) is 0 Å². The molecule has 2 nitrogen and oxygen atoms in total. The van der Waals surface area contributed by atoms with Crippen LogP contribution in [0.1, 0.15) is 44.5 Å². The second-order valence-electron chi connectivity index (χ2n) is 20.7. The van der Waals surface area contributed by atoms with E-state index in [1.165, 1.54) is 117 Å². The van der Waals surface area contributed by atoms with Gasteiger partial charge in [0, 0.05) is 27.7 Å². The zero-order valence-electron chi connectivity index (χ0n) is 41.6. The van der Waals surface area contributed by atoms with E-state index in [9.17, 15) is 0 Å². The van der Waals surface area contributed by atoms with Crippen molar-refractivity contribution in [1.29, 1.82) is 0 Å². The van der Waals surface area contributed by atoms with Crippen molar-refractivity contribution in [3.63, 3.8) is 0 Å². The lowest BCUT2D eigenvalue weighted by Crippen LogP contribution is -2.33. The SMILES string of the molecule is c1ccc(-c2ccc(-c3ccc(N(c4cc5c6c(c4)c4ccccc4n6-c4ccccc4C54c5ccccc5-c5ccccc54)c4cccc5c4-c4ccccc4C5(c4ccccc4)c4ccccc4)cc3)cc2)cc1. The minimum atomic E-state index is -0.606. The summed E-state index contributed by atoms with van der Waals surface area (Å²) in [7, 11) is 0. The van der Waals surface area contributed by atoms with Gasteiger partial charge in [0.05, 0.1) is 33.2 Å². The summed E-state index contributed by atoms with van der Waals surface area (Å²) in [5.74, 6) is 0. The van der Waals surface area contributed by atoms with Crippen LogP contribution in [0.15, 0.2) is 291 Å². The molecule has 76 heavy (non-hydrogen) atoms. The Morgan fingerprint density at radius 2 is 0.763 bits per heavy atom. The van der Waals surface area contributed by atoms with E-state index in [2.05, 4.69) is 301 Å². The quantitative estimate of drug-likeness (QED) is 0.155. The molecule has 0 atom stereocenters. The molecular weight excluding hydrogens is 917 g/mol. The van der Waals surface area contributed by atoms with Gasteiger partial charge in [0.1, 0.15) is 0 Å². The van der Waals surface area contributed by atoms with Gasteiger partial charge in [0.25, 0.3) is 0 Å². The van der Waals surface area contributed by atoms with E-state index in [0.29, 0.717) is 0 Å². The zero-order chi connectivity index (χ0) is 50.0. The fourth-order valence-corrected chi connectivity index (χ4v) is 14.1. The van der Waals surface area contributed by atoms with Crippen LogP contribution in [0.3, 0.4) is 0 Å². The average Bonchev–Trinajstić information content (AvgIpc) is 4.30. The van der Waals surface area contributed by atoms with Gasteiger partial charge < -0.3 is 9.47 Å². The maximum Gasteiger partial charge on any atom is 0.0755 e. The third-order valence-corrected chi connectivity index (χ3v) is 17.1. The number of para-hydroxylation sites is 2. The maximum absolute atomic E-state index is 2.58. The molecule has 0 fully saturated rings. The normalized spacial score (nSPS) is 13.7. The topological polar surface area (TPSA) is 8.17 Å². The summed E-state index contributed by atoms with van der Waals surface area (Å²) in [6.07, 6.45) is 0. The summed E-state index contributed by atoms with van der Waals surface area (Å²) in [5.41, 5.74) is 25.9. The van der Waals surface area contributed by atoms with Crippen molar-refractivity contribution in [2.24, 2.45) is 0 Å². The Morgan fingerprint density at radius 3 is 1.39 bits per heavy atom. The van der Waals surface area contributed by atoms with Crippen LogP contribution in [0.2, 0.25) is 0 Å². The van der Waals surface area contributed by atoms with E-state index < -0.39 is 10.8 Å². The lowest BCUT2D eigenvalue weighted by molar-refractivity contribution is 0.748. The van der Waals surface area contributed by atoms with E-state index >= 15 is 0 Å². The first-order valence-electron chi connectivity index (χ1n) is 26.5.